The van der Waals surface area contributed by atoms with Gasteiger partial charge in [-0.1, -0.05) is 37.0 Å². The van der Waals surface area contributed by atoms with Gasteiger partial charge in [-0.15, -0.1) is 0 Å². The SMILES string of the molecule is CC(=O)N(CCNC(=O)C1CCCCC1)c1ccc(C)cc1. The van der Waals surface area contributed by atoms with Gasteiger partial charge in [-0.2, -0.15) is 0 Å². The Kier molecular flexibility index (Phi) is 5.99. The number of amides is 2. The highest BCUT2D eigenvalue weighted by Gasteiger charge is 2.21. The largest absolute Gasteiger partial charge is 0.354 e. The molecule has 1 aliphatic carbocycles. The summed E-state index contributed by atoms with van der Waals surface area (Å²) in [6.07, 6.45) is 5.55. The van der Waals surface area contributed by atoms with Gasteiger partial charge >= 0.3 is 0 Å². The van der Waals surface area contributed by atoms with Crippen molar-refractivity contribution in [2.24, 2.45) is 5.92 Å². The molecule has 0 radical (unpaired) electrons. The van der Waals surface area contributed by atoms with Gasteiger partial charge < -0.3 is 10.2 Å². The third-order valence-electron chi connectivity index (χ3n) is 4.34. The number of hydrogen-bond acceptors (Lipinski definition) is 2. The lowest BCUT2D eigenvalue weighted by atomic mass is 9.89. The van der Waals surface area contributed by atoms with E-state index >= 15 is 0 Å². The molecule has 1 saturated carbocycles. The Morgan fingerprint density at radius 3 is 2.36 bits per heavy atom. The third-order valence-corrected chi connectivity index (χ3v) is 4.34. The molecule has 4 nitrogen and oxygen atoms in total. The third kappa shape index (κ3) is 4.58. The van der Waals surface area contributed by atoms with Crippen LogP contribution in [-0.4, -0.2) is 24.9 Å². The molecule has 0 aliphatic heterocycles. The fourth-order valence-electron chi connectivity index (χ4n) is 2.99. The normalized spacial score (nSPS) is 15.4. The van der Waals surface area contributed by atoms with Gasteiger partial charge in [0, 0.05) is 31.6 Å². The van der Waals surface area contributed by atoms with Crippen LogP contribution in [0.4, 0.5) is 5.69 Å². The number of hydrogen-bond donors (Lipinski definition) is 1. The summed E-state index contributed by atoms with van der Waals surface area (Å²) < 4.78 is 0. The van der Waals surface area contributed by atoms with E-state index in [4.69, 9.17) is 0 Å². The molecule has 4 heteroatoms. The number of anilines is 1. The van der Waals surface area contributed by atoms with Crippen LogP contribution >= 0.6 is 0 Å². The first-order valence-corrected chi connectivity index (χ1v) is 8.20. The van der Waals surface area contributed by atoms with Gasteiger partial charge in [0.2, 0.25) is 11.8 Å². The standard InChI is InChI=1S/C18H26N2O2/c1-14-8-10-17(11-9-14)20(15(2)21)13-12-19-18(22)16-6-4-3-5-7-16/h8-11,16H,3-7,12-13H2,1-2H3,(H,19,22). The number of aryl methyl sites for hydroxylation is 1. The van der Waals surface area contributed by atoms with Gasteiger partial charge in [0.25, 0.3) is 0 Å². The summed E-state index contributed by atoms with van der Waals surface area (Å²) in [5.74, 6) is 0.307. The maximum atomic E-state index is 12.1. The zero-order chi connectivity index (χ0) is 15.9. The Bertz CT molecular complexity index is 504. The zero-order valence-corrected chi connectivity index (χ0v) is 13.6. The van der Waals surface area contributed by atoms with Crippen molar-refractivity contribution in [3.63, 3.8) is 0 Å². The fourth-order valence-corrected chi connectivity index (χ4v) is 2.99. The lowest BCUT2D eigenvalue weighted by molar-refractivity contribution is -0.126. The number of rotatable bonds is 5. The first kappa shape index (κ1) is 16.5. The van der Waals surface area contributed by atoms with Crippen LogP contribution in [0.1, 0.15) is 44.6 Å². The Balaban J connectivity index is 1.85. The molecular weight excluding hydrogens is 276 g/mol. The van der Waals surface area contributed by atoms with Crippen molar-refractivity contribution in [1.82, 2.24) is 5.32 Å². The van der Waals surface area contributed by atoms with E-state index in [0.29, 0.717) is 13.1 Å². The Labute approximate surface area is 132 Å². The second-order valence-corrected chi connectivity index (χ2v) is 6.13. The molecule has 0 saturated heterocycles. The van der Waals surface area contributed by atoms with Gasteiger partial charge in [0.1, 0.15) is 0 Å². The molecule has 1 fully saturated rings. The molecule has 2 amide bonds. The van der Waals surface area contributed by atoms with E-state index in [-0.39, 0.29) is 17.7 Å². The van der Waals surface area contributed by atoms with E-state index in [1.165, 1.54) is 6.42 Å². The molecule has 2 rings (SSSR count). The topological polar surface area (TPSA) is 49.4 Å². The molecule has 22 heavy (non-hydrogen) atoms. The van der Waals surface area contributed by atoms with Gasteiger partial charge in [-0.05, 0) is 31.9 Å². The van der Waals surface area contributed by atoms with E-state index < -0.39 is 0 Å². The minimum atomic E-state index is -0.00392. The second-order valence-electron chi connectivity index (χ2n) is 6.13. The summed E-state index contributed by atoms with van der Waals surface area (Å²) >= 11 is 0. The Morgan fingerprint density at radius 2 is 1.77 bits per heavy atom. The predicted octanol–water partition coefficient (Wildman–Crippen LogP) is 3.04. The first-order valence-electron chi connectivity index (χ1n) is 8.20. The second kappa shape index (κ2) is 7.97. The summed E-state index contributed by atoms with van der Waals surface area (Å²) in [6, 6.07) is 7.87. The Hall–Kier alpha value is -1.84. The summed E-state index contributed by atoms with van der Waals surface area (Å²) in [5.41, 5.74) is 2.04. The molecule has 0 spiro atoms. The van der Waals surface area contributed by atoms with Crippen LogP contribution in [0.25, 0.3) is 0 Å². The highest BCUT2D eigenvalue weighted by Crippen LogP contribution is 2.23. The minimum Gasteiger partial charge on any atom is -0.354 e. The van der Waals surface area contributed by atoms with Crippen molar-refractivity contribution < 1.29 is 9.59 Å². The highest BCUT2D eigenvalue weighted by atomic mass is 16.2. The first-order chi connectivity index (χ1) is 10.6. The summed E-state index contributed by atoms with van der Waals surface area (Å²) in [4.78, 5) is 25.6. The van der Waals surface area contributed by atoms with Crippen LogP contribution in [0.5, 0.6) is 0 Å². The van der Waals surface area contributed by atoms with Crippen molar-refractivity contribution in [2.45, 2.75) is 46.0 Å². The molecule has 0 heterocycles. The van der Waals surface area contributed by atoms with E-state index in [9.17, 15) is 9.59 Å². The number of nitrogens with zero attached hydrogens (tertiary/aromatic N) is 1. The average molecular weight is 302 g/mol. The zero-order valence-electron chi connectivity index (χ0n) is 13.6. The average Bonchev–Trinajstić information content (AvgIpc) is 2.53. The van der Waals surface area contributed by atoms with Crippen molar-refractivity contribution in [2.75, 3.05) is 18.0 Å². The smallest absolute Gasteiger partial charge is 0.223 e. The van der Waals surface area contributed by atoms with E-state index in [2.05, 4.69) is 5.32 Å². The molecule has 0 unspecified atom stereocenters. The molecule has 0 atom stereocenters. The minimum absolute atomic E-state index is 0.00392. The fraction of sp³-hybridized carbons (Fsp3) is 0.556. The summed E-state index contributed by atoms with van der Waals surface area (Å²) in [7, 11) is 0. The number of carbonyl (C=O) groups excluding carboxylic acids is 2. The monoisotopic (exact) mass is 302 g/mol. The molecule has 1 aliphatic rings. The van der Waals surface area contributed by atoms with Crippen LogP contribution in [0.2, 0.25) is 0 Å². The van der Waals surface area contributed by atoms with E-state index in [1.54, 1.807) is 11.8 Å². The van der Waals surface area contributed by atoms with Crippen LogP contribution in [0, 0.1) is 12.8 Å². The maximum absolute atomic E-state index is 12.1. The van der Waals surface area contributed by atoms with E-state index in [0.717, 1.165) is 36.9 Å². The lowest BCUT2D eigenvalue weighted by Crippen LogP contribution is -2.40. The van der Waals surface area contributed by atoms with Gasteiger partial charge in [0.15, 0.2) is 0 Å². The van der Waals surface area contributed by atoms with Gasteiger partial charge in [0.05, 0.1) is 0 Å². The van der Waals surface area contributed by atoms with Crippen molar-refractivity contribution in [3.05, 3.63) is 29.8 Å². The van der Waals surface area contributed by atoms with Crippen LogP contribution in [0.3, 0.4) is 0 Å². The highest BCUT2D eigenvalue weighted by molar-refractivity contribution is 5.91. The van der Waals surface area contributed by atoms with Gasteiger partial charge in [-0.3, -0.25) is 9.59 Å². The maximum Gasteiger partial charge on any atom is 0.223 e. The Morgan fingerprint density at radius 1 is 1.14 bits per heavy atom. The summed E-state index contributed by atoms with van der Waals surface area (Å²) in [6.45, 7) is 4.59. The van der Waals surface area contributed by atoms with Crippen molar-refractivity contribution >= 4 is 17.5 Å². The lowest BCUT2D eigenvalue weighted by Gasteiger charge is -2.24. The molecular formula is C18H26N2O2. The summed E-state index contributed by atoms with van der Waals surface area (Å²) in [5, 5.41) is 2.99. The molecule has 1 aromatic carbocycles. The molecule has 0 bridgehead atoms. The van der Waals surface area contributed by atoms with E-state index in [1.807, 2.05) is 31.2 Å². The van der Waals surface area contributed by atoms with Crippen LogP contribution < -0.4 is 10.2 Å². The molecule has 120 valence electrons. The number of nitrogens with one attached hydrogen (secondary N) is 1. The van der Waals surface area contributed by atoms with Gasteiger partial charge in [-0.25, -0.2) is 0 Å². The predicted molar refractivity (Wildman–Crippen MR) is 88.8 cm³/mol. The molecule has 1 aromatic rings. The number of benzene rings is 1. The number of carbonyl (C=O) groups is 2. The van der Waals surface area contributed by atoms with Crippen molar-refractivity contribution in [3.8, 4) is 0 Å². The quantitative estimate of drug-likeness (QED) is 0.909. The van der Waals surface area contributed by atoms with Crippen LogP contribution in [-0.2, 0) is 9.59 Å². The molecule has 1 N–H and O–H groups in total. The van der Waals surface area contributed by atoms with Crippen molar-refractivity contribution in [1.29, 1.82) is 0 Å². The van der Waals surface area contributed by atoms with Crippen LogP contribution in [0.15, 0.2) is 24.3 Å². The molecule has 0 aromatic heterocycles.